The number of aliphatic hydroxyl groups is 1. The van der Waals surface area contributed by atoms with Crippen molar-refractivity contribution in [2.45, 2.75) is 52.2 Å². The summed E-state index contributed by atoms with van der Waals surface area (Å²) in [5.74, 6) is -0.782. The third kappa shape index (κ3) is 4.13. The highest BCUT2D eigenvalue weighted by Gasteiger charge is 2.29. The number of nitrogens with zero attached hydrogens (tertiary/aromatic N) is 3. The summed E-state index contributed by atoms with van der Waals surface area (Å²) in [7, 11) is 3.17. The van der Waals surface area contributed by atoms with Gasteiger partial charge < -0.3 is 19.1 Å². The average molecular weight is 474 g/mol. The topological polar surface area (TPSA) is 95.6 Å². The summed E-state index contributed by atoms with van der Waals surface area (Å²) < 4.78 is 14.0. The molecule has 8 nitrogen and oxygen atoms in total. The average Bonchev–Trinajstić information content (AvgIpc) is 3.31. The minimum atomic E-state index is -0.447. The number of carbonyl (C=O) groups is 2. The number of hydrogen-bond donors (Lipinski definition) is 1. The molecule has 0 atom stereocenters. The van der Waals surface area contributed by atoms with Crippen molar-refractivity contribution < 1.29 is 24.2 Å². The van der Waals surface area contributed by atoms with E-state index in [1.165, 1.54) is 14.0 Å². The predicted octanol–water partition coefficient (Wildman–Crippen LogP) is 3.81. The Balaban J connectivity index is 1.95. The zero-order valence-corrected chi connectivity index (χ0v) is 19.9. The van der Waals surface area contributed by atoms with Crippen LogP contribution in [0, 0.1) is 0 Å². The van der Waals surface area contributed by atoms with Crippen molar-refractivity contribution in [1.29, 1.82) is 0 Å². The van der Waals surface area contributed by atoms with E-state index in [1.807, 2.05) is 28.4 Å². The molecule has 9 heteroatoms. The van der Waals surface area contributed by atoms with E-state index in [2.05, 4.69) is 5.10 Å². The maximum atomic E-state index is 12.8. The van der Waals surface area contributed by atoms with E-state index in [4.69, 9.17) is 21.1 Å². The summed E-state index contributed by atoms with van der Waals surface area (Å²) in [5.41, 5.74) is 5.29. The van der Waals surface area contributed by atoms with Gasteiger partial charge in [-0.05, 0) is 43.7 Å². The summed E-state index contributed by atoms with van der Waals surface area (Å²) in [4.78, 5) is 23.9. The standard InChI is InChI=1S/C24H28ClN3O5/c1-14(30)33-12-6-7-15-16-9-10-17(25)20(22(16)27(2)23(15)24(31)32-3)21-18(13-29)26-28-11-5-4-8-19(21)28/h9-10,29H,4-8,11-13H2,1-3H3. The number of aliphatic hydroxyl groups excluding tert-OH is 1. The highest BCUT2D eigenvalue weighted by Crippen LogP contribution is 2.43. The van der Waals surface area contributed by atoms with Crippen molar-refractivity contribution in [3.05, 3.63) is 39.8 Å². The molecule has 0 saturated heterocycles. The second-order valence-electron chi connectivity index (χ2n) is 8.25. The minimum Gasteiger partial charge on any atom is -0.466 e. The third-order valence-corrected chi connectivity index (χ3v) is 6.54. The maximum absolute atomic E-state index is 12.8. The van der Waals surface area contributed by atoms with E-state index in [0.29, 0.717) is 29.3 Å². The van der Waals surface area contributed by atoms with Crippen LogP contribution in [0.4, 0.5) is 0 Å². The SMILES string of the molecule is COC(=O)c1c(CCCOC(C)=O)c2ccc(Cl)c(-c3c(CO)nn4c3CCCC4)c2n1C. The van der Waals surface area contributed by atoms with Crippen molar-refractivity contribution in [1.82, 2.24) is 14.3 Å². The summed E-state index contributed by atoms with van der Waals surface area (Å²) in [6, 6.07) is 3.73. The number of ether oxygens (including phenoxy) is 2. The van der Waals surface area contributed by atoms with Crippen molar-refractivity contribution in [2.75, 3.05) is 13.7 Å². The molecule has 1 aliphatic heterocycles. The van der Waals surface area contributed by atoms with Gasteiger partial charge in [-0.25, -0.2) is 4.79 Å². The fraction of sp³-hybridized carbons (Fsp3) is 0.458. The Morgan fingerprint density at radius 3 is 2.73 bits per heavy atom. The molecule has 1 N–H and O–H groups in total. The lowest BCUT2D eigenvalue weighted by atomic mass is 9.95. The minimum absolute atomic E-state index is 0.203. The Labute approximate surface area is 197 Å². The first-order valence-electron chi connectivity index (χ1n) is 11.1. The van der Waals surface area contributed by atoms with E-state index < -0.39 is 5.97 Å². The van der Waals surface area contributed by atoms with Crippen LogP contribution in [0.1, 0.15) is 53.6 Å². The quantitative estimate of drug-likeness (QED) is 0.414. The van der Waals surface area contributed by atoms with Gasteiger partial charge in [-0.2, -0.15) is 5.10 Å². The highest BCUT2D eigenvalue weighted by molar-refractivity contribution is 6.35. The van der Waals surface area contributed by atoms with E-state index >= 15 is 0 Å². The van der Waals surface area contributed by atoms with E-state index in [0.717, 1.165) is 59.1 Å². The largest absolute Gasteiger partial charge is 0.466 e. The zero-order valence-electron chi connectivity index (χ0n) is 19.1. The zero-order chi connectivity index (χ0) is 23.7. The van der Waals surface area contributed by atoms with Crippen LogP contribution in [0.3, 0.4) is 0 Å². The first kappa shape index (κ1) is 23.3. The molecule has 0 saturated carbocycles. The summed E-state index contributed by atoms with van der Waals surface area (Å²) in [6.45, 7) is 2.24. The number of aryl methyl sites for hydroxylation is 3. The molecule has 3 aromatic rings. The molecule has 0 radical (unpaired) electrons. The first-order valence-corrected chi connectivity index (χ1v) is 11.5. The van der Waals surface area contributed by atoms with Gasteiger partial charge in [-0.3, -0.25) is 9.48 Å². The van der Waals surface area contributed by atoms with E-state index in [9.17, 15) is 14.7 Å². The fourth-order valence-corrected chi connectivity index (χ4v) is 5.10. The van der Waals surface area contributed by atoms with E-state index in [1.54, 1.807) is 0 Å². The van der Waals surface area contributed by atoms with Gasteiger partial charge in [0.25, 0.3) is 0 Å². The van der Waals surface area contributed by atoms with Gasteiger partial charge in [0.15, 0.2) is 0 Å². The van der Waals surface area contributed by atoms with Gasteiger partial charge in [0.1, 0.15) is 5.69 Å². The molecule has 1 aliphatic rings. The van der Waals surface area contributed by atoms with Gasteiger partial charge in [0.2, 0.25) is 0 Å². The number of aromatic nitrogens is 3. The third-order valence-electron chi connectivity index (χ3n) is 6.23. The van der Waals surface area contributed by atoms with Crippen LogP contribution < -0.4 is 0 Å². The Bertz CT molecular complexity index is 1230. The van der Waals surface area contributed by atoms with Crippen LogP contribution in [0.2, 0.25) is 5.02 Å². The van der Waals surface area contributed by atoms with Crippen LogP contribution in [-0.4, -0.2) is 45.1 Å². The second kappa shape index (κ2) is 9.57. The molecule has 3 heterocycles. The smallest absolute Gasteiger partial charge is 0.354 e. The molecule has 0 bridgehead atoms. The lowest BCUT2D eigenvalue weighted by molar-refractivity contribution is -0.141. The lowest BCUT2D eigenvalue weighted by Crippen LogP contribution is -2.12. The molecule has 1 aromatic carbocycles. The van der Waals surface area contributed by atoms with Crippen molar-refractivity contribution in [3.8, 4) is 11.1 Å². The van der Waals surface area contributed by atoms with Crippen LogP contribution in [0.15, 0.2) is 12.1 Å². The van der Waals surface area contributed by atoms with Crippen molar-refractivity contribution in [3.63, 3.8) is 0 Å². The molecule has 0 spiro atoms. The van der Waals surface area contributed by atoms with Crippen LogP contribution >= 0.6 is 11.6 Å². The number of esters is 2. The molecule has 0 unspecified atom stereocenters. The van der Waals surface area contributed by atoms with Crippen LogP contribution in [-0.2, 0) is 47.3 Å². The Morgan fingerprint density at radius 1 is 1.24 bits per heavy atom. The summed E-state index contributed by atoms with van der Waals surface area (Å²) in [6.07, 6.45) is 4.01. The normalized spacial score (nSPS) is 13.2. The predicted molar refractivity (Wildman–Crippen MR) is 124 cm³/mol. The molecule has 2 aromatic heterocycles. The highest BCUT2D eigenvalue weighted by atomic mass is 35.5. The monoisotopic (exact) mass is 473 g/mol. The van der Waals surface area contributed by atoms with Crippen LogP contribution in [0.25, 0.3) is 22.0 Å². The first-order chi connectivity index (χ1) is 15.9. The van der Waals surface area contributed by atoms with Crippen molar-refractivity contribution >= 4 is 34.4 Å². The number of rotatable bonds is 7. The van der Waals surface area contributed by atoms with Gasteiger partial charge in [0, 0.05) is 42.7 Å². The molecule has 0 amide bonds. The number of hydrogen-bond acceptors (Lipinski definition) is 6. The van der Waals surface area contributed by atoms with Crippen LogP contribution in [0.5, 0.6) is 0 Å². The number of carbonyl (C=O) groups excluding carboxylic acids is 2. The Morgan fingerprint density at radius 2 is 2.03 bits per heavy atom. The van der Waals surface area contributed by atoms with E-state index in [-0.39, 0.29) is 19.2 Å². The maximum Gasteiger partial charge on any atom is 0.354 e. The summed E-state index contributed by atoms with van der Waals surface area (Å²) in [5, 5.41) is 16.1. The molecule has 33 heavy (non-hydrogen) atoms. The molecule has 0 aliphatic carbocycles. The van der Waals surface area contributed by atoms with Gasteiger partial charge in [0.05, 0.1) is 36.6 Å². The lowest BCUT2D eigenvalue weighted by Gasteiger charge is -2.16. The second-order valence-corrected chi connectivity index (χ2v) is 8.65. The molecule has 4 rings (SSSR count). The van der Waals surface area contributed by atoms with Gasteiger partial charge in [-0.15, -0.1) is 0 Å². The number of halogens is 1. The molecular formula is C24H28ClN3O5. The Hall–Kier alpha value is -2.84. The summed E-state index contributed by atoms with van der Waals surface area (Å²) >= 11 is 6.77. The molecule has 0 fully saturated rings. The fourth-order valence-electron chi connectivity index (χ4n) is 4.86. The van der Waals surface area contributed by atoms with Gasteiger partial charge >= 0.3 is 11.9 Å². The number of methoxy groups -OCH3 is 1. The Kier molecular flexibility index (Phi) is 6.76. The van der Waals surface area contributed by atoms with Crippen molar-refractivity contribution in [2.24, 2.45) is 7.05 Å². The van der Waals surface area contributed by atoms with Gasteiger partial charge in [-0.1, -0.05) is 17.7 Å². The number of fused-ring (bicyclic) bond motifs is 2. The molecular weight excluding hydrogens is 446 g/mol. The molecule has 176 valence electrons. The number of benzene rings is 1.